The molecule has 0 aliphatic rings. The van der Waals surface area contributed by atoms with Gasteiger partial charge in [-0.15, -0.1) is 0 Å². The average molecular weight is 308 g/mol. The Morgan fingerprint density at radius 2 is 2.00 bits per heavy atom. The predicted octanol–water partition coefficient (Wildman–Crippen LogP) is 3.38. The Hall–Kier alpha value is -2.02. The van der Waals surface area contributed by atoms with Gasteiger partial charge in [0.2, 0.25) is 0 Å². The maximum atomic E-state index is 14.1. The molecule has 0 spiro atoms. The predicted molar refractivity (Wildman–Crippen MR) is 78.8 cm³/mol. The fourth-order valence-electron chi connectivity index (χ4n) is 2.54. The first kappa shape index (κ1) is 13.9. The number of benzene rings is 1. The molecule has 7 heteroatoms. The van der Waals surface area contributed by atoms with Crippen molar-refractivity contribution < 1.29 is 8.78 Å². The highest BCUT2D eigenvalue weighted by Gasteiger charge is 2.17. The highest BCUT2D eigenvalue weighted by atomic mass is 32.1. The third-order valence-corrected chi connectivity index (χ3v) is 4.12. The minimum absolute atomic E-state index is 0.155. The van der Waals surface area contributed by atoms with E-state index in [4.69, 9.17) is 12.2 Å². The van der Waals surface area contributed by atoms with Gasteiger partial charge in [0, 0.05) is 18.3 Å². The van der Waals surface area contributed by atoms with Crippen LogP contribution in [0.1, 0.15) is 17.0 Å². The molecule has 0 aliphatic heterocycles. The van der Waals surface area contributed by atoms with Crippen molar-refractivity contribution in [3.05, 3.63) is 45.5 Å². The molecule has 21 heavy (non-hydrogen) atoms. The van der Waals surface area contributed by atoms with E-state index in [2.05, 4.69) is 10.1 Å². The molecule has 0 saturated carbocycles. The molecule has 0 saturated heterocycles. The summed E-state index contributed by atoms with van der Waals surface area (Å²) < 4.78 is 31.3. The molecule has 1 N–H and O–H groups in total. The van der Waals surface area contributed by atoms with Gasteiger partial charge in [0.25, 0.3) is 0 Å². The summed E-state index contributed by atoms with van der Waals surface area (Å²) in [5.41, 5.74) is 3.42. The van der Waals surface area contributed by atoms with Crippen LogP contribution in [0, 0.1) is 30.3 Å². The van der Waals surface area contributed by atoms with E-state index in [-0.39, 0.29) is 5.52 Å². The van der Waals surface area contributed by atoms with Crippen LogP contribution in [0.5, 0.6) is 0 Å². The summed E-state index contributed by atoms with van der Waals surface area (Å²) in [6.07, 6.45) is 0. The SMILES string of the molecule is Cc1nn(C)c(C)c1Cn1c(=S)[nH]c2ccc(F)c(F)c21. The number of H-pyrrole nitrogens is 1. The fourth-order valence-corrected chi connectivity index (χ4v) is 2.81. The monoisotopic (exact) mass is 308 g/mol. The van der Waals surface area contributed by atoms with E-state index in [1.807, 2.05) is 20.9 Å². The highest BCUT2D eigenvalue weighted by Crippen LogP contribution is 2.23. The molecular formula is C14H14F2N4S. The lowest BCUT2D eigenvalue weighted by atomic mass is 10.2. The van der Waals surface area contributed by atoms with Gasteiger partial charge in [0.05, 0.1) is 17.8 Å². The van der Waals surface area contributed by atoms with Crippen LogP contribution in [0.4, 0.5) is 8.78 Å². The smallest absolute Gasteiger partial charge is 0.184 e. The van der Waals surface area contributed by atoms with Gasteiger partial charge in [-0.25, -0.2) is 8.78 Å². The van der Waals surface area contributed by atoms with Crippen LogP contribution in [-0.4, -0.2) is 19.3 Å². The maximum Gasteiger partial charge on any atom is 0.184 e. The Kier molecular flexibility index (Phi) is 3.16. The van der Waals surface area contributed by atoms with E-state index in [0.29, 0.717) is 16.8 Å². The van der Waals surface area contributed by atoms with Crippen LogP contribution in [0.2, 0.25) is 0 Å². The molecular weight excluding hydrogens is 294 g/mol. The molecule has 4 nitrogen and oxygen atoms in total. The fraction of sp³-hybridized carbons (Fsp3) is 0.286. The molecule has 3 aromatic rings. The number of nitrogens with one attached hydrogen (secondary N) is 1. The van der Waals surface area contributed by atoms with Crippen LogP contribution < -0.4 is 0 Å². The number of rotatable bonds is 2. The summed E-state index contributed by atoms with van der Waals surface area (Å²) in [5.74, 6) is -1.77. The summed E-state index contributed by atoms with van der Waals surface area (Å²) in [5, 5.41) is 4.33. The molecule has 2 heterocycles. The maximum absolute atomic E-state index is 14.1. The number of nitrogens with zero attached hydrogens (tertiary/aromatic N) is 3. The molecule has 3 rings (SSSR count). The lowest BCUT2D eigenvalue weighted by Crippen LogP contribution is -2.04. The molecule has 2 aromatic heterocycles. The summed E-state index contributed by atoms with van der Waals surface area (Å²) in [4.78, 5) is 2.90. The molecule has 0 bridgehead atoms. The van der Waals surface area contributed by atoms with Gasteiger partial charge in [-0.2, -0.15) is 5.10 Å². The van der Waals surface area contributed by atoms with E-state index in [9.17, 15) is 8.78 Å². The molecule has 0 fully saturated rings. The normalized spacial score (nSPS) is 11.5. The van der Waals surface area contributed by atoms with Crippen molar-refractivity contribution in [2.24, 2.45) is 7.05 Å². The van der Waals surface area contributed by atoms with Crippen molar-refractivity contribution in [3.63, 3.8) is 0 Å². The lowest BCUT2D eigenvalue weighted by molar-refractivity contribution is 0.512. The second-order valence-corrected chi connectivity index (χ2v) is 5.43. The number of aromatic nitrogens is 4. The van der Waals surface area contributed by atoms with Crippen LogP contribution >= 0.6 is 12.2 Å². The van der Waals surface area contributed by atoms with Gasteiger partial charge in [-0.1, -0.05) is 0 Å². The Balaban J connectivity index is 2.23. The van der Waals surface area contributed by atoms with Crippen LogP contribution in [0.25, 0.3) is 11.0 Å². The van der Waals surface area contributed by atoms with Crippen LogP contribution in [0.3, 0.4) is 0 Å². The van der Waals surface area contributed by atoms with Crippen molar-refractivity contribution >= 4 is 23.3 Å². The van der Waals surface area contributed by atoms with Gasteiger partial charge in [-0.3, -0.25) is 4.68 Å². The number of hydrogen-bond acceptors (Lipinski definition) is 2. The minimum atomic E-state index is -0.890. The van der Waals surface area contributed by atoms with Crippen molar-refractivity contribution in [1.29, 1.82) is 0 Å². The van der Waals surface area contributed by atoms with Gasteiger partial charge < -0.3 is 9.55 Å². The van der Waals surface area contributed by atoms with Crippen LogP contribution in [-0.2, 0) is 13.6 Å². The molecule has 0 amide bonds. The van der Waals surface area contributed by atoms with Crippen molar-refractivity contribution in [2.45, 2.75) is 20.4 Å². The first-order valence-corrected chi connectivity index (χ1v) is 6.86. The minimum Gasteiger partial charge on any atom is -0.330 e. The Bertz CT molecular complexity index is 904. The molecule has 0 atom stereocenters. The summed E-state index contributed by atoms with van der Waals surface area (Å²) >= 11 is 5.24. The summed E-state index contributed by atoms with van der Waals surface area (Å²) in [6, 6.07) is 2.58. The first-order chi connectivity index (χ1) is 9.90. The van der Waals surface area contributed by atoms with Crippen LogP contribution in [0.15, 0.2) is 12.1 Å². The van der Waals surface area contributed by atoms with E-state index >= 15 is 0 Å². The van der Waals surface area contributed by atoms with E-state index < -0.39 is 11.6 Å². The summed E-state index contributed by atoms with van der Waals surface area (Å²) in [7, 11) is 1.85. The van der Waals surface area contributed by atoms with E-state index in [0.717, 1.165) is 23.0 Å². The van der Waals surface area contributed by atoms with Gasteiger partial charge >= 0.3 is 0 Å². The van der Waals surface area contributed by atoms with E-state index in [1.54, 1.807) is 9.25 Å². The number of aromatic amines is 1. The number of hydrogen-bond donors (Lipinski definition) is 1. The zero-order valence-electron chi connectivity index (χ0n) is 11.9. The van der Waals surface area contributed by atoms with Gasteiger partial charge in [0.1, 0.15) is 5.52 Å². The number of aryl methyl sites for hydroxylation is 2. The van der Waals surface area contributed by atoms with E-state index in [1.165, 1.54) is 6.07 Å². The Morgan fingerprint density at radius 1 is 1.29 bits per heavy atom. The third-order valence-electron chi connectivity index (χ3n) is 3.80. The second-order valence-electron chi connectivity index (χ2n) is 5.05. The number of fused-ring (bicyclic) bond motifs is 1. The van der Waals surface area contributed by atoms with Crippen molar-refractivity contribution in [1.82, 2.24) is 19.3 Å². The van der Waals surface area contributed by atoms with Gasteiger partial charge in [-0.05, 0) is 38.2 Å². The quantitative estimate of drug-likeness (QED) is 0.737. The largest absolute Gasteiger partial charge is 0.330 e. The van der Waals surface area contributed by atoms with Crippen molar-refractivity contribution in [2.75, 3.05) is 0 Å². The molecule has 0 radical (unpaired) electrons. The van der Waals surface area contributed by atoms with Gasteiger partial charge in [0.15, 0.2) is 16.4 Å². The highest BCUT2D eigenvalue weighted by molar-refractivity contribution is 7.71. The molecule has 0 unspecified atom stereocenters. The first-order valence-electron chi connectivity index (χ1n) is 6.45. The Labute approximate surface area is 125 Å². The Morgan fingerprint density at radius 3 is 2.62 bits per heavy atom. The second kappa shape index (κ2) is 4.77. The zero-order chi connectivity index (χ0) is 15.3. The molecule has 0 aliphatic carbocycles. The number of halogens is 2. The van der Waals surface area contributed by atoms with Crippen molar-refractivity contribution in [3.8, 4) is 0 Å². The average Bonchev–Trinajstić information content (AvgIpc) is 2.87. The number of imidazole rings is 1. The standard InChI is InChI=1S/C14H14F2N4S/c1-7-9(8(2)19(3)18-7)6-20-13-11(17-14(20)21)5-4-10(15)12(13)16/h4-5H,6H2,1-3H3,(H,17,21). The topological polar surface area (TPSA) is 38.5 Å². The third kappa shape index (κ3) is 2.08. The molecule has 1 aromatic carbocycles. The summed E-state index contributed by atoms with van der Waals surface area (Å²) in [6.45, 7) is 4.17. The molecule has 110 valence electrons. The zero-order valence-corrected chi connectivity index (χ0v) is 12.7. The lowest BCUT2D eigenvalue weighted by Gasteiger charge is -2.06.